The monoisotopic (exact) mass is 311 g/mol. The van der Waals surface area contributed by atoms with E-state index < -0.39 is 0 Å². The van der Waals surface area contributed by atoms with E-state index in [9.17, 15) is 4.79 Å². The quantitative estimate of drug-likeness (QED) is 0.642. The molecule has 0 fully saturated rings. The second kappa shape index (κ2) is 7.77. The van der Waals surface area contributed by atoms with E-state index in [-0.39, 0.29) is 12.5 Å². The molecule has 0 aliphatic heterocycles. The molecule has 0 heterocycles. The molecular formula is C19H25N3O. The number of carbonyl (C=O) groups excluding carboxylic acids is 1. The normalized spacial score (nSPS) is 19.2. The summed E-state index contributed by atoms with van der Waals surface area (Å²) < 4.78 is 0. The Morgan fingerprint density at radius 3 is 2.78 bits per heavy atom. The fourth-order valence-corrected chi connectivity index (χ4v) is 2.54. The summed E-state index contributed by atoms with van der Waals surface area (Å²) in [6.07, 6.45) is 4.01. The van der Waals surface area contributed by atoms with Crippen LogP contribution in [0.3, 0.4) is 0 Å². The number of para-hydroxylation sites is 1. The molecule has 1 aromatic rings. The molecule has 1 aliphatic carbocycles. The van der Waals surface area contributed by atoms with Gasteiger partial charge in [-0.15, -0.1) is 0 Å². The number of carbonyl (C=O) groups is 1. The average molecular weight is 311 g/mol. The molecule has 1 aromatic carbocycles. The number of hydrogen-bond acceptors (Lipinski definition) is 3. The van der Waals surface area contributed by atoms with E-state index in [0.717, 1.165) is 41.0 Å². The number of amides is 1. The SMILES string of the molecule is C=C(C)[C@H]1CC=C(C)/C(=N/NC(=O)CNc2ccccc2C)C1. The zero-order valence-corrected chi connectivity index (χ0v) is 14.1. The molecular weight excluding hydrogens is 286 g/mol. The summed E-state index contributed by atoms with van der Waals surface area (Å²) >= 11 is 0. The molecule has 2 N–H and O–H groups in total. The summed E-state index contributed by atoms with van der Waals surface area (Å²) in [6.45, 7) is 10.3. The van der Waals surface area contributed by atoms with Crippen molar-refractivity contribution in [1.29, 1.82) is 0 Å². The summed E-state index contributed by atoms with van der Waals surface area (Å²) in [5.74, 6) is 0.269. The van der Waals surface area contributed by atoms with Gasteiger partial charge in [-0.1, -0.05) is 36.4 Å². The largest absolute Gasteiger partial charge is 0.376 e. The smallest absolute Gasteiger partial charge is 0.259 e. The summed E-state index contributed by atoms with van der Waals surface area (Å²) in [5, 5.41) is 7.43. The first-order chi connectivity index (χ1) is 11.0. The summed E-state index contributed by atoms with van der Waals surface area (Å²) in [5.41, 5.74) is 7.96. The maximum absolute atomic E-state index is 12.0. The van der Waals surface area contributed by atoms with Crippen molar-refractivity contribution < 1.29 is 4.79 Å². The van der Waals surface area contributed by atoms with E-state index in [0.29, 0.717) is 5.92 Å². The third kappa shape index (κ3) is 4.81. The molecule has 0 radical (unpaired) electrons. The average Bonchev–Trinajstić information content (AvgIpc) is 2.53. The van der Waals surface area contributed by atoms with Crippen molar-refractivity contribution >= 4 is 17.3 Å². The Hall–Kier alpha value is -2.36. The molecule has 0 unspecified atom stereocenters. The van der Waals surface area contributed by atoms with E-state index in [2.05, 4.69) is 28.5 Å². The van der Waals surface area contributed by atoms with Gasteiger partial charge in [-0.05, 0) is 56.7 Å². The lowest BCUT2D eigenvalue weighted by Gasteiger charge is -2.22. The molecule has 2 rings (SSSR count). The third-order valence-electron chi connectivity index (χ3n) is 4.20. The van der Waals surface area contributed by atoms with Crippen LogP contribution in [0, 0.1) is 12.8 Å². The number of hydrogen-bond donors (Lipinski definition) is 2. The zero-order chi connectivity index (χ0) is 16.8. The van der Waals surface area contributed by atoms with E-state index in [1.807, 2.05) is 45.0 Å². The Bertz CT molecular complexity index is 658. The minimum absolute atomic E-state index is 0.147. The van der Waals surface area contributed by atoms with E-state index in [4.69, 9.17) is 0 Å². The van der Waals surface area contributed by atoms with Crippen LogP contribution in [0.15, 0.2) is 53.2 Å². The van der Waals surface area contributed by atoms with Crippen molar-refractivity contribution in [2.24, 2.45) is 11.0 Å². The van der Waals surface area contributed by atoms with Gasteiger partial charge in [0.25, 0.3) is 5.91 Å². The number of nitrogens with one attached hydrogen (secondary N) is 2. The Kier molecular flexibility index (Phi) is 5.74. The van der Waals surface area contributed by atoms with Crippen LogP contribution in [-0.4, -0.2) is 18.2 Å². The van der Waals surface area contributed by atoms with Crippen LogP contribution in [0.4, 0.5) is 5.69 Å². The first kappa shape index (κ1) is 17.0. The number of anilines is 1. The number of nitrogens with zero attached hydrogens (tertiary/aromatic N) is 1. The van der Waals surface area contributed by atoms with Gasteiger partial charge in [0.1, 0.15) is 0 Å². The number of hydrazone groups is 1. The molecule has 0 aromatic heterocycles. The van der Waals surface area contributed by atoms with Gasteiger partial charge in [-0.2, -0.15) is 5.10 Å². The molecule has 0 spiro atoms. The molecule has 0 saturated heterocycles. The van der Waals surface area contributed by atoms with Crippen molar-refractivity contribution in [3.63, 3.8) is 0 Å². The third-order valence-corrected chi connectivity index (χ3v) is 4.20. The van der Waals surface area contributed by atoms with Gasteiger partial charge in [0.2, 0.25) is 0 Å². The first-order valence-electron chi connectivity index (χ1n) is 7.94. The molecule has 0 saturated carbocycles. The maximum atomic E-state index is 12.0. The highest BCUT2D eigenvalue weighted by molar-refractivity contribution is 6.01. The molecule has 122 valence electrons. The van der Waals surface area contributed by atoms with Crippen LogP contribution < -0.4 is 10.7 Å². The van der Waals surface area contributed by atoms with Crippen molar-refractivity contribution in [1.82, 2.24) is 5.43 Å². The predicted octanol–water partition coefficient (Wildman–Crippen LogP) is 3.81. The number of allylic oxidation sites excluding steroid dienone is 3. The highest BCUT2D eigenvalue weighted by atomic mass is 16.2. The maximum Gasteiger partial charge on any atom is 0.259 e. The van der Waals surface area contributed by atoms with Crippen molar-refractivity contribution in [2.75, 3.05) is 11.9 Å². The van der Waals surface area contributed by atoms with Crippen LogP contribution in [0.5, 0.6) is 0 Å². The van der Waals surface area contributed by atoms with Gasteiger partial charge in [-0.25, -0.2) is 5.43 Å². The number of rotatable bonds is 5. The van der Waals surface area contributed by atoms with Crippen molar-refractivity contribution in [3.05, 3.63) is 53.6 Å². The minimum Gasteiger partial charge on any atom is -0.376 e. The Morgan fingerprint density at radius 2 is 2.09 bits per heavy atom. The highest BCUT2D eigenvalue weighted by Crippen LogP contribution is 2.26. The lowest BCUT2D eigenvalue weighted by molar-refractivity contribution is -0.119. The molecule has 1 amide bonds. The number of aryl methyl sites for hydroxylation is 1. The lowest BCUT2D eigenvalue weighted by atomic mass is 9.85. The van der Waals surface area contributed by atoms with E-state index >= 15 is 0 Å². The van der Waals surface area contributed by atoms with Gasteiger partial charge >= 0.3 is 0 Å². The first-order valence-corrected chi connectivity index (χ1v) is 7.94. The van der Waals surface area contributed by atoms with Crippen LogP contribution in [0.25, 0.3) is 0 Å². The Labute approximate surface area is 138 Å². The molecule has 4 heteroatoms. The highest BCUT2D eigenvalue weighted by Gasteiger charge is 2.18. The standard InChI is InChI=1S/C19H25N3O/c1-13(2)16-10-9-15(4)18(11-16)21-22-19(23)12-20-17-8-6-5-7-14(17)3/h5-9,16,20H,1,10-12H2,2-4H3,(H,22,23)/b21-18+/t16-/m0/s1. The van der Waals surface area contributed by atoms with Gasteiger partial charge < -0.3 is 5.32 Å². The van der Waals surface area contributed by atoms with Crippen LogP contribution >= 0.6 is 0 Å². The fourth-order valence-electron chi connectivity index (χ4n) is 2.54. The molecule has 23 heavy (non-hydrogen) atoms. The van der Waals surface area contributed by atoms with Crippen molar-refractivity contribution in [3.8, 4) is 0 Å². The van der Waals surface area contributed by atoms with Crippen LogP contribution in [0.2, 0.25) is 0 Å². The Morgan fingerprint density at radius 1 is 1.35 bits per heavy atom. The molecule has 0 bridgehead atoms. The van der Waals surface area contributed by atoms with E-state index in [1.54, 1.807) is 0 Å². The van der Waals surface area contributed by atoms with Crippen LogP contribution in [0.1, 0.15) is 32.3 Å². The van der Waals surface area contributed by atoms with Gasteiger partial charge in [0.05, 0.1) is 12.3 Å². The van der Waals surface area contributed by atoms with Gasteiger partial charge in [0, 0.05) is 5.69 Å². The lowest BCUT2D eigenvalue weighted by Crippen LogP contribution is -2.28. The molecule has 1 atom stereocenters. The van der Waals surface area contributed by atoms with Gasteiger partial charge in [0.15, 0.2) is 0 Å². The summed E-state index contributed by atoms with van der Waals surface area (Å²) in [6, 6.07) is 7.89. The number of benzene rings is 1. The predicted molar refractivity (Wildman–Crippen MR) is 96.5 cm³/mol. The minimum atomic E-state index is -0.147. The van der Waals surface area contributed by atoms with Gasteiger partial charge in [-0.3, -0.25) is 4.79 Å². The summed E-state index contributed by atoms with van der Waals surface area (Å²) in [7, 11) is 0. The summed E-state index contributed by atoms with van der Waals surface area (Å²) in [4.78, 5) is 12.0. The van der Waals surface area contributed by atoms with Crippen molar-refractivity contribution in [2.45, 2.75) is 33.6 Å². The molecule has 4 nitrogen and oxygen atoms in total. The second-order valence-electron chi connectivity index (χ2n) is 6.13. The topological polar surface area (TPSA) is 53.5 Å². The molecule has 1 aliphatic rings. The van der Waals surface area contributed by atoms with Crippen LogP contribution in [-0.2, 0) is 4.79 Å². The Balaban J connectivity index is 1.90. The fraction of sp³-hybridized carbons (Fsp3) is 0.368. The zero-order valence-electron chi connectivity index (χ0n) is 14.1. The second-order valence-corrected chi connectivity index (χ2v) is 6.13. The van der Waals surface area contributed by atoms with E-state index in [1.165, 1.54) is 0 Å².